The average Bonchev–Trinajstić information content (AvgIpc) is 3.09. The van der Waals surface area contributed by atoms with E-state index in [1.165, 1.54) is 4.90 Å². The number of nitrogens with zero attached hydrogens (tertiary/aromatic N) is 2. The molecule has 0 saturated carbocycles. The summed E-state index contributed by atoms with van der Waals surface area (Å²) in [5, 5.41) is 13.2. The molecule has 5 nitrogen and oxygen atoms in total. The molecule has 1 aliphatic rings. The molecule has 1 aliphatic heterocycles. The Balaban J connectivity index is 1.73. The summed E-state index contributed by atoms with van der Waals surface area (Å²) < 4.78 is 0. The van der Waals surface area contributed by atoms with Crippen molar-refractivity contribution in [2.45, 2.75) is 19.5 Å². The molecule has 1 atom stereocenters. The van der Waals surface area contributed by atoms with Crippen LogP contribution >= 0.6 is 0 Å². The number of aliphatic hydroxyl groups excluding tert-OH is 1. The summed E-state index contributed by atoms with van der Waals surface area (Å²) in [4.78, 5) is 32.2. The molecule has 1 unspecified atom stereocenters. The van der Waals surface area contributed by atoms with Crippen molar-refractivity contribution in [1.29, 1.82) is 0 Å². The van der Waals surface area contributed by atoms with Gasteiger partial charge in [-0.25, -0.2) is 0 Å². The average molecular weight is 434 g/mol. The number of Topliss-reactive ketones (excluding diaryl/α,β-unsaturated/α-hetero) is 1. The minimum atomic E-state index is -0.703. The first-order chi connectivity index (χ1) is 16.1. The highest BCUT2D eigenvalue weighted by atomic mass is 16.3. The first-order valence-electron chi connectivity index (χ1n) is 10.8. The Hall–Kier alpha value is -4.25. The molecular formula is C28H22N2O3. The van der Waals surface area contributed by atoms with Gasteiger partial charge in [0, 0.05) is 24.5 Å². The van der Waals surface area contributed by atoms with Crippen LogP contribution in [0, 0.1) is 6.92 Å². The number of likely N-dealkylation sites (tertiary alicyclic amines) is 1. The standard InChI is InChI=1S/C28H22N2O3/c1-18-8-2-4-12-21(18)25-24(26(31)23-14-6-11-20-10-3-5-13-22(20)23)27(32)28(33)30(25)17-19-9-7-15-29-16-19/h2-16,25,31H,17H2,1H3/b26-24+. The van der Waals surface area contributed by atoms with Gasteiger partial charge >= 0.3 is 0 Å². The molecule has 1 aromatic heterocycles. The number of benzene rings is 3. The Morgan fingerprint density at radius 1 is 0.939 bits per heavy atom. The first kappa shape index (κ1) is 20.6. The smallest absolute Gasteiger partial charge is 0.295 e. The lowest BCUT2D eigenvalue weighted by Crippen LogP contribution is -2.29. The molecule has 5 rings (SSSR count). The number of hydrogen-bond donors (Lipinski definition) is 1. The van der Waals surface area contributed by atoms with E-state index in [4.69, 9.17) is 0 Å². The summed E-state index contributed by atoms with van der Waals surface area (Å²) in [6.07, 6.45) is 3.34. The normalized spacial score (nSPS) is 17.6. The fourth-order valence-electron chi connectivity index (χ4n) is 4.53. The van der Waals surface area contributed by atoms with Crippen molar-refractivity contribution in [3.05, 3.63) is 119 Å². The maximum Gasteiger partial charge on any atom is 0.295 e. The van der Waals surface area contributed by atoms with Gasteiger partial charge in [0.15, 0.2) is 0 Å². The van der Waals surface area contributed by atoms with Gasteiger partial charge in [-0.05, 0) is 40.5 Å². The lowest BCUT2D eigenvalue weighted by atomic mass is 9.91. The molecule has 2 heterocycles. The van der Waals surface area contributed by atoms with Gasteiger partial charge in [0.1, 0.15) is 5.76 Å². The summed E-state index contributed by atoms with van der Waals surface area (Å²) >= 11 is 0. The zero-order chi connectivity index (χ0) is 22.9. The van der Waals surface area contributed by atoms with Crippen molar-refractivity contribution in [3.8, 4) is 0 Å². The summed E-state index contributed by atoms with van der Waals surface area (Å²) in [5.74, 6) is -1.47. The molecule has 5 heteroatoms. The Morgan fingerprint density at radius 2 is 1.70 bits per heavy atom. The second-order valence-corrected chi connectivity index (χ2v) is 8.17. The Kier molecular flexibility index (Phi) is 5.23. The molecule has 0 bridgehead atoms. The molecule has 0 spiro atoms. The molecule has 4 aromatic rings. The van der Waals surface area contributed by atoms with Crippen LogP contribution < -0.4 is 0 Å². The molecule has 1 saturated heterocycles. The predicted molar refractivity (Wildman–Crippen MR) is 127 cm³/mol. The summed E-state index contributed by atoms with van der Waals surface area (Å²) in [5.41, 5.74) is 3.19. The van der Waals surface area contributed by atoms with E-state index in [1.54, 1.807) is 24.5 Å². The van der Waals surface area contributed by atoms with Gasteiger partial charge < -0.3 is 10.0 Å². The van der Waals surface area contributed by atoms with Crippen molar-refractivity contribution >= 4 is 28.2 Å². The number of ketones is 1. The third-order valence-electron chi connectivity index (χ3n) is 6.14. The lowest BCUT2D eigenvalue weighted by Gasteiger charge is -2.26. The number of carbonyl (C=O) groups excluding carboxylic acids is 2. The number of aromatic nitrogens is 1. The number of pyridine rings is 1. The molecule has 162 valence electrons. The topological polar surface area (TPSA) is 70.5 Å². The molecule has 33 heavy (non-hydrogen) atoms. The number of carbonyl (C=O) groups is 2. The largest absolute Gasteiger partial charge is 0.507 e. The van der Waals surface area contributed by atoms with E-state index in [0.29, 0.717) is 5.56 Å². The van der Waals surface area contributed by atoms with Gasteiger partial charge in [0.05, 0.1) is 11.6 Å². The molecule has 0 radical (unpaired) electrons. The Labute approximate surface area is 191 Å². The maximum atomic E-state index is 13.3. The van der Waals surface area contributed by atoms with Crippen molar-refractivity contribution in [2.75, 3.05) is 0 Å². The quantitative estimate of drug-likeness (QED) is 0.273. The van der Waals surface area contributed by atoms with Crippen LogP contribution in [-0.2, 0) is 16.1 Å². The van der Waals surface area contributed by atoms with E-state index < -0.39 is 17.7 Å². The van der Waals surface area contributed by atoms with Crippen LogP contribution in [0.15, 0.2) is 96.8 Å². The minimum Gasteiger partial charge on any atom is -0.507 e. The Morgan fingerprint density at radius 3 is 2.48 bits per heavy atom. The lowest BCUT2D eigenvalue weighted by molar-refractivity contribution is -0.140. The summed E-state index contributed by atoms with van der Waals surface area (Å²) in [6.45, 7) is 2.15. The van der Waals surface area contributed by atoms with E-state index in [-0.39, 0.29) is 17.9 Å². The number of amides is 1. The number of aliphatic hydroxyl groups is 1. The molecule has 0 aliphatic carbocycles. The molecule has 1 amide bonds. The van der Waals surface area contributed by atoms with Crippen LogP contribution in [0.5, 0.6) is 0 Å². The molecule has 1 fully saturated rings. The zero-order valence-corrected chi connectivity index (χ0v) is 18.1. The fraction of sp³-hybridized carbons (Fsp3) is 0.107. The van der Waals surface area contributed by atoms with Crippen molar-refractivity contribution < 1.29 is 14.7 Å². The van der Waals surface area contributed by atoms with E-state index in [0.717, 1.165) is 27.5 Å². The molecule has 3 aromatic carbocycles. The molecule has 1 N–H and O–H groups in total. The van der Waals surface area contributed by atoms with E-state index in [9.17, 15) is 14.7 Å². The van der Waals surface area contributed by atoms with Gasteiger partial charge in [-0.1, -0.05) is 72.8 Å². The monoisotopic (exact) mass is 434 g/mol. The van der Waals surface area contributed by atoms with E-state index >= 15 is 0 Å². The SMILES string of the molecule is Cc1ccccc1C1/C(=C(\O)c2cccc3ccccc23)C(=O)C(=O)N1Cc1cccnc1. The van der Waals surface area contributed by atoms with Crippen LogP contribution in [0.2, 0.25) is 0 Å². The van der Waals surface area contributed by atoms with Crippen molar-refractivity contribution in [3.63, 3.8) is 0 Å². The first-order valence-corrected chi connectivity index (χ1v) is 10.8. The van der Waals surface area contributed by atoms with Gasteiger partial charge in [0.2, 0.25) is 0 Å². The van der Waals surface area contributed by atoms with Crippen molar-refractivity contribution in [2.24, 2.45) is 0 Å². The second kappa shape index (κ2) is 8.36. The highest BCUT2D eigenvalue weighted by Gasteiger charge is 2.46. The second-order valence-electron chi connectivity index (χ2n) is 8.17. The maximum absolute atomic E-state index is 13.3. The van der Waals surface area contributed by atoms with E-state index in [1.807, 2.05) is 73.7 Å². The minimum absolute atomic E-state index is 0.106. The van der Waals surface area contributed by atoms with Crippen molar-refractivity contribution in [1.82, 2.24) is 9.88 Å². The van der Waals surface area contributed by atoms with E-state index in [2.05, 4.69) is 4.98 Å². The van der Waals surface area contributed by atoms with Crippen LogP contribution in [0.4, 0.5) is 0 Å². The zero-order valence-electron chi connectivity index (χ0n) is 18.1. The fourth-order valence-corrected chi connectivity index (χ4v) is 4.53. The Bertz CT molecular complexity index is 1400. The van der Waals surface area contributed by atoms with Gasteiger partial charge in [-0.3, -0.25) is 14.6 Å². The predicted octanol–water partition coefficient (Wildman–Crippen LogP) is 5.17. The third-order valence-corrected chi connectivity index (χ3v) is 6.14. The van der Waals surface area contributed by atoms with Crippen LogP contribution in [0.1, 0.15) is 28.3 Å². The third kappa shape index (κ3) is 3.57. The van der Waals surface area contributed by atoms with Gasteiger partial charge in [-0.2, -0.15) is 0 Å². The van der Waals surface area contributed by atoms with Crippen LogP contribution in [0.3, 0.4) is 0 Å². The van der Waals surface area contributed by atoms with Gasteiger partial charge in [-0.15, -0.1) is 0 Å². The highest BCUT2D eigenvalue weighted by molar-refractivity contribution is 6.46. The number of fused-ring (bicyclic) bond motifs is 1. The number of hydrogen-bond acceptors (Lipinski definition) is 4. The molecular weight excluding hydrogens is 412 g/mol. The van der Waals surface area contributed by atoms with Crippen LogP contribution in [0.25, 0.3) is 16.5 Å². The number of aryl methyl sites for hydroxylation is 1. The highest BCUT2D eigenvalue weighted by Crippen LogP contribution is 2.42. The number of rotatable bonds is 4. The van der Waals surface area contributed by atoms with Gasteiger partial charge in [0.25, 0.3) is 11.7 Å². The summed E-state index contributed by atoms with van der Waals surface area (Å²) in [6, 6.07) is 23.8. The summed E-state index contributed by atoms with van der Waals surface area (Å²) in [7, 11) is 0. The van der Waals surface area contributed by atoms with Crippen LogP contribution in [-0.4, -0.2) is 26.7 Å².